The molecule has 1 aliphatic carbocycles. The van der Waals surface area contributed by atoms with E-state index in [1.54, 1.807) is 43.5 Å². The molecule has 0 saturated heterocycles. The molecule has 276 valence electrons. The van der Waals surface area contributed by atoms with Crippen molar-refractivity contribution in [3.05, 3.63) is 108 Å². The van der Waals surface area contributed by atoms with Crippen LogP contribution in [0.15, 0.2) is 102 Å². The Balaban J connectivity index is 1.59. The van der Waals surface area contributed by atoms with Crippen LogP contribution < -0.4 is 28.6 Å². The molecule has 52 heavy (non-hydrogen) atoms. The van der Waals surface area contributed by atoms with Crippen molar-refractivity contribution in [2.45, 2.75) is 62.6 Å². The zero-order valence-electron chi connectivity index (χ0n) is 30.1. The van der Waals surface area contributed by atoms with Gasteiger partial charge in [-0.1, -0.05) is 55.3 Å². The van der Waals surface area contributed by atoms with Gasteiger partial charge in [-0.15, -0.1) is 0 Å². The Labute approximate surface area is 306 Å². The molecule has 11 nitrogen and oxygen atoms in total. The second kappa shape index (κ2) is 17.8. The highest BCUT2D eigenvalue weighted by atomic mass is 32.2. The summed E-state index contributed by atoms with van der Waals surface area (Å²) >= 11 is 0. The normalized spacial score (nSPS) is 13.5. The number of carbonyl (C=O) groups excluding carboxylic acids is 2. The van der Waals surface area contributed by atoms with E-state index in [0.29, 0.717) is 23.9 Å². The highest BCUT2D eigenvalue weighted by Crippen LogP contribution is 2.33. The number of benzene rings is 4. The maximum atomic E-state index is 14.9. The van der Waals surface area contributed by atoms with Crippen molar-refractivity contribution in [3.63, 3.8) is 0 Å². The predicted molar refractivity (Wildman–Crippen MR) is 200 cm³/mol. The first kappa shape index (κ1) is 38.0. The van der Waals surface area contributed by atoms with Crippen molar-refractivity contribution < 1.29 is 37.0 Å². The molecule has 0 heterocycles. The number of hydrogen-bond acceptors (Lipinski definition) is 8. The zero-order valence-corrected chi connectivity index (χ0v) is 30.9. The monoisotopic (exact) mass is 729 g/mol. The van der Waals surface area contributed by atoms with Gasteiger partial charge in [-0.2, -0.15) is 0 Å². The minimum absolute atomic E-state index is 0.00493. The van der Waals surface area contributed by atoms with Gasteiger partial charge >= 0.3 is 0 Å². The summed E-state index contributed by atoms with van der Waals surface area (Å²) in [5.41, 5.74) is 1.82. The first-order valence-electron chi connectivity index (χ1n) is 17.4. The van der Waals surface area contributed by atoms with Crippen LogP contribution in [0.1, 0.15) is 43.7 Å². The number of sulfonamides is 1. The predicted octanol–water partition coefficient (Wildman–Crippen LogP) is 6.01. The van der Waals surface area contributed by atoms with Crippen LogP contribution in [0.2, 0.25) is 0 Å². The molecular formula is C40H47N3O8S. The second-order valence-electron chi connectivity index (χ2n) is 12.5. The Morgan fingerprint density at radius 1 is 0.788 bits per heavy atom. The third-order valence-electron chi connectivity index (χ3n) is 9.12. The van der Waals surface area contributed by atoms with Gasteiger partial charge in [0, 0.05) is 25.1 Å². The molecule has 5 rings (SSSR count). The Bertz CT molecular complexity index is 1900. The second-order valence-corrected chi connectivity index (χ2v) is 14.4. The third-order valence-corrected chi connectivity index (χ3v) is 10.9. The number of methoxy groups -OCH3 is 3. The maximum Gasteiger partial charge on any atom is 0.264 e. The number of amides is 2. The lowest BCUT2D eigenvalue weighted by Crippen LogP contribution is -2.54. The van der Waals surface area contributed by atoms with E-state index in [4.69, 9.17) is 18.9 Å². The minimum Gasteiger partial charge on any atom is -0.497 e. The Kier molecular flexibility index (Phi) is 13.0. The molecule has 1 atom stereocenters. The topological polar surface area (TPSA) is 124 Å². The Hall–Kier alpha value is -5.23. The number of hydrogen-bond donors (Lipinski definition) is 1. The third kappa shape index (κ3) is 9.35. The molecule has 4 aromatic carbocycles. The lowest BCUT2D eigenvalue weighted by Gasteiger charge is -2.34. The van der Waals surface area contributed by atoms with Gasteiger partial charge in [0.15, 0.2) is 11.5 Å². The molecule has 0 radical (unpaired) electrons. The highest BCUT2D eigenvalue weighted by molar-refractivity contribution is 7.92. The summed E-state index contributed by atoms with van der Waals surface area (Å²) in [5, 5.41) is 3.20. The Morgan fingerprint density at radius 3 is 2.13 bits per heavy atom. The summed E-state index contributed by atoms with van der Waals surface area (Å²) in [6.45, 7) is 1.71. The smallest absolute Gasteiger partial charge is 0.264 e. The molecule has 4 aromatic rings. The average molecular weight is 730 g/mol. The highest BCUT2D eigenvalue weighted by Gasteiger charge is 2.36. The van der Waals surface area contributed by atoms with E-state index in [9.17, 15) is 18.0 Å². The fourth-order valence-electron chi connectivity index (χ4n) is 6.40. The van der Waals surface area contributed by atoms with E-state index in [1.807, 2.05) is 49.4 Å². The molecule has 0 spiro atoms. The van der Waals surface area contributed by atoms with E-state index in [1.165, 1.54) is 37.3 Å². The summed E-state index contributed by atoms with van der Waals surface area (Å²) in [4.78, 5) is 30.5. The molecule has 0 aromatic heterocycles. The summed E-state index contributed by atoms with van der Waals surface area (Å²) in [5.74, 6) is 0.851. The van der Waals surface area contributed by atoms with Crippen LogP contribution in [-0.2, 0) is 32.6 Å². The van der Waals surface area contributed by atoms with Crippen LogP contribution in [0.3, 0.4) is 0 Å². The van der Waals surface area contributed by atoms with Crippen LogP contribution in [0.4, 0.5) is 5.69 Å². The molecule has 0 aliphatic heterocycles. The van der Waals surface area contributed by atoms with Gasteiger partial charge in [0.25, 0.3) is 10.0 Å². The average Bonchev–Trinajstić information content (AvgIpc) is 3.68. The molecular weight excluding hydrogens is 683 g/mol. The standard InChI is InChI=1S/C40H47N3O8S/c1-5-51-33-20-18-32(19-21-33)43(52(46,47)35-22-23-37(49-3)38(26-35)50-4)28-39(44)42(27-30-14-11-17-34(24-30)48-2)36(25-29-12-7-6-8-13-29)40(45)41-31-15-9-10-16-31/h6-8,11-14,17-24,26,31,36H,5,9-10,15-16,25,27-28H2,1-4H3,(H,41,45)/t36-/m0/s1. The van der Waals surface area contributed by atoms with Crippen molar-refractivity contribution in [1.29, 1.82) is 0 Å². The summed E-state index contributed by atoms with van der Waals surface area (Å²) in [6, 6.07) is 26.6. The van der Waals surface area contributed by atoms with Crippen LogP contribution in [0, 0.1) is 0 Å². The number of ether oxygens (including phenoxy) is 4. The molecule has 0 bridgehead atoms. The van der Waals surface area contributed by atoms with Gasteiger partial charge in [-0.05, 0) is 79.4 Å². The van der Waals surface area contributed by atoms with Gasteiger partial charge in [-0.25, -0.2) is 8.42 Å². The quantitative estimate of drug-likeness (QED) is 0.140. The molecule has 1 fully saturated rings. The molecule has 0 unspecified atom stereocenters. The van der Waals surface area contributed by atoms with Crippen molar-refractivity contribution in [3.8, 4) is 23.0 Å². The van der Waals surface area contributed by atoms with E-state index in [2.05, 4.69) is 5.32 Å². The number of carbonyl (C=O) groups is 2. The number of anilines is 1. The molecule has 1 N–H and O–H groups in total. The minimum atomic E-state index is -4.38. The number of rotatable bonds is 17. The first-order chi connectivity index (χ1) is 25.2. The van der Waals surface area contributed by atoms with Gasteiger partial charge < -0.3 is 29.2 Å². The van der Waals surface area contributed by atoms with Crippen LogP contribution in [0.25, 0.3) is 0 Å². The summed E-state index contributed by atoms with van der Waals surface area (Å²) in [7, 11) is 0.0545. The molecule has 1 saturated carbocycles. The van der Waals surface area contributed by atoms with Crippen LogP contribution in [-0.4, -0.2) is 71.7 Å². The van der Waals surface area contributed by atoms with E-state index < -0.39 is 28.5 Å². The first-order valence-corrected chi connectivity index (χ1v) is 18.8. The van der Waals surface area contributed by atoms with Gasteiger partial charge in [0.1, 0.15) is 24.1 Å². The number of nitrogens with one attached hydrogen (secondary N) is 1. The van der Waals surface area contributed by atoms with E-state index in [-0.39, 0.29) is 41.2 Å². The largest absolute Gasteiger partial charge is 0.497 e. The summed E-state index contributed by atoms with van der Waals surface area (Å²) < 4.78 is 52.0. The van der Waals surface area contributed by atoms with Crippen molar-refractivity contribution in [2.24, 2.45) is 0 Å². The van der Waals surface area contributed by atoms with Crippen molar-refractivity contribution in [1.82, 2.24) is 10.2 Å². The lowest BCUT2D eigenvalue weighted by atomic mass is 10.0. The molecule has 2 amide bonds. The van der Waals surface area contributed by atoms with Gasteiger partial charge in [0.2, 0.25) is 11.8 Å². The van der Waals surface area contributed by atoms with Crippen molar-refractivity contribution >= 4 is 27.5 Å². The van der Waals surface area contributed by atoms with Gasteiger partial charge in [0.05, 0.1) is 38.5 Å². The van der Waals surface area contributed by atoms with Crippen LogP contribution in [0.5, 0.6) is 23.0 Å². The fourth-order valence-corrected chi connectivity index (χ4v) is 7.83. The van der Waals surface area contributed by atoms with E-state index in [0.717, 1.165) is 41.1 Å². The fraction of sp³-hybridized carbons (Fsp3) is 0.350. The van der Waals surface area contributed by atoms with Gasteiger partial charge in [-0.3, -0.25) is 13.9 Å². The van der Waals surface area contributed by atoms with Crippen LogP contribution >= 0.6 is 0 Å². The maximum absolute atomic E-state index is 14.9. The Morgan fingerprint density at radius 2 is 1.48 bits per heavy atom. The summed E-state index contributed by atoms with van der Waals surface area (Å²) in [6.07, 6.45) is 3.99. The lowest BCUT2D eigenvalue weighted by molar-refractivity contribution is -0.140. The molecule has 1 aliphatic rings. The van der Waals surface area contributed by atoms with E-state index >= 15 is 0 Å². The van der Waals surface area contributed by atoms with Crippen molar-refractivity contribution in [2.75, 3.05) is 38.8 Å². The molecule has 12 heteroatoms. The number of nitrogens with zero attached hydrogens (tertiary/aromatic N) is 2. The zero-order chi connectivity index (χ0) is 37.1. The SMILES string of the molecule is CCOc1ccc(N(CC(=O)N(Cc2cccc(OC)c2)[C@@H](Cc2ccccc2)C(=O)NC2CCCC2)S(=O)(=O)c2ccc(OC)c(OC)c2)cc1.